The number of ketones is 1. The van der Waals surface area contributed by atoms with Crippen LogP contribution in [0.15, 0.2) is 48.5 Å². The molecule has 0 spiro atoms. The van der Waals surface area contributed by atoms with Crippen molar-refractivity contribution in [2.45, 2.75) is 16.1 Å². The van der Waals surface area contributed by atoms with Gasteiger partial charge in [-0.05, 0) is 54.7 Å². The number of nitrogens with zero attached hydrogens (tertiary/aromatic N) is 3. The molecular weight excluding hydrogens is 605 g/mol. The van der Waals surface area contributed by atoms with E-state index < -0.39 is 52.6 Å². The molecule has 2 aromatic rings. The van der Waals surface area contributed by atoms with Crippen LogP contribution in [-0.4, -0.2) is 54.6 Å². The number of imide groups is 1. The molecule has 36 heavy (non-hydrogen) atoms. The van der Waals surface area contributed by atoms with E-state index in [1.165, 1.54) is 24.3 Å². The molecule has 2 aliphatic carbocycles. The smallest absolute Gasteiger partial charge is 0.273 e. The number of nitro benzene ring substituents is 1. The molecule has 2 bridgehead atoms. The van der Waals surface area contributed by atoms with Crippen LogP contribution in [0.3, 0.4) is 0 Å². The van der Waals surface area contributed by atoms with Crippen LogP contribution in [0.2, 0.25) is 0 Å². The Hall–Kier alpha value is -2.99. The number of non-ortho nitro benzene ring substituents is 1. The predicted molar refractivity (Wildman–Crippen MR) is 131 cm³/mol. The highest BCUT2D eigenvalue weighted by molar-refractivity contribution is 9.12. The predicted octanol–water partition coefficient (Wildman–Crippen LogP) is 3.75. The van der Waals surface area contributed by atoms with Crippen LogP contribution in [0.1, 0.15) is 27.1 Å². The van der Waals surface area contributed by atoms with Gasteiger partial charge in [0.15, 0.2) is 5.78 Å². The van der Waals surface area contributed by atoms with Gasteiger partial charge < -0.3 is 0 Å². The van der Waals surface area contributed by atoms with Crippen LogP contribution in [0.4, 0.5) is 10.1 Å². The van der Waals surface area contributed by atoms with Gasteiger partial charge in [-0.1, -0.05) is 31.9 Å². The van der Waals surface area contributed by atoms with Gasteiger partial charge >= 0.3 is 0 Å². The molecule has 6 atom stereocenters. The third kappa shape index (κ3) is 3.86. The first-order valence-electron chi connectivity index (χ1n) is 11.1. The van der Waals surface area contributed by atoms with Gasteiger partial charge in [-0.2, -0.15) is 5.01 Å². The SMILES string of the molecule is O=C(CN(C(=O)c1ccc([N+](=O)[O-])cc1)N1C(=O)[C@@H]2[C@H]3C[C@@H]([C@@H](Br)[C@H]3Br)[C@H]2C1=O)c1ccc(F)cc1. The quantitative estimate of drug-likeness (QED) is 0.159. The Morgan fingerprint density at radius 2 is 1.44 bits per heavy atom. The number of hydrogen-bond acceptors (Lipinski definition) is 6. The van der Waals surface area contributed by atoms with E-state index in [0.717, 1.165) is 34.3 Å². The van der Waals surface area contributed by atoms with E-state index in [1.807, 2.05) is 0 Å². The van der Waals surface area contributed by atoms with Gasteiger partial charge in [0.25, 0.3) is 23.4 Å². The number of amides is 3. The number of carbonyl (C=O) groups is 4. The van der Waals surface area contributed by atoms with E-state index in [9.17, 15) is 33.7 Å². The summed E-state index contributed by atoms with van der Waals surface area (Å²) in [7, 11) is 0. The first-order chi connectivity index (χ1) is 17.1. The maximum Gasteiger partial charge on any atom is 0.273 e. The van der Waals surface area contributed by atoms with Crippen molar-refractivity contribution in [3.63, 3.8) is 0 Å². The fourth-order valence-corrected chi connectivity index (χ4v) is 7.42. The van der Waals surface area contributed by atoms with Crippen molar-refractivity contribution in [3.05, 3.63) is 75.6 Å². The summed E-state index contributed by atoms with van der Waals surface area (Å²) in [4.78, 5) is 64.0. The topological polar surface area (TPSA) is 118 Å². The average Bonchev–Trinajstić information content (AvgIpc) is 3.47. The van der Waals surface area contributed by atoms with E-state index in [4.69, 9.17) is 0 Å². The number of nitro groups is 1. The molecule has 5 rings (SSSR count). The first kappa shape index (κ1) is 24.7. The van der Waals surface area contributed by atoms with Gasteiger partial charge in [0.2, 0.25) is 0 Å². The molecule has 3 fully saturated rings. The lowest BCUT2D eigenvalue weighted by Crippen LogP contribution is -2.52. The molecule has 1 saturated heterocycles. The fraction of sp³-hybridized carbons (Fsp3) is 0.333. The maximum absolute atomic E-state index is 13.5. The zero-order valence-corrected chi connectivity index (χ0v) is 21.6. The van der Waals surface area contributed by atoms with Gasteiger partial charge in [-0.3, -0.25) is 29.3 Å². The lowest BCUT2D eigenvalue weighted by molar-refractivity contribution is -0.384. The molecule has 3 amide bonds. The summed E-state index contributed by atoms with van der Waals surface area (Å²) >= 11 is 7.23. The van der Waals surface area contributed by atoms with Crippen LogP contribution in [0, 0.1) is 39.6 Å². The molecule has 0 unspecified atom stereocenters. The number of Topliss-reactive ketones (excluding diaryl/α,β-unsaturated/α-hetero) is 1. The lowest BCUT2D eigenvalue weighted by atomic mass is 9.81. The number of alkyl halides is 2. The molecule has 1 heterocycles. The molecular formula is C24H18Br2FN3O6. The Balaban J connectivity index is 1.50. The van der Waals surface area contributed by atoms with Crippen molar-refractivity contribution in [1.82, 2.24) is 10.0 Å². The highest BCUT2D eigenvalue weighted by Gasteiger charge is 2.67. The zero-order chi connectivity index (χ0) is 25.9. The average molecular weight is 623 g/mol. The lowest BCUT2D eigenvalue weighted by Gasteiger charge is -2.30. The van der Waals surface area contributed by atoms with Crippen molar-refractivity contribution < 1.29 is 28.5 Å². The number of benzene rings is 2. The molecule has 12 heteroatoms. The molecule has 0 aromatic heterocycles. The Bertz CT molecular complexity index is 1260. The van der Waals surface area contributed by atoms with Crippen LogP contribution in [0.25, 0.3) is 0 Å². The molecule has 0 N–H and O–H groups in total. The number of rotatable bonds is 6. The number of halogens is 3. The Morgan fingerprint density at radius 3 is 1.94 bits per heavy atom. The highest BCUT2D eigenvalue weighted by Crippen LogP contribution is 2.60. The second-order valence-corrected chi connectivity index (χ2v) is 11.2. The summed E-state index contributed by atoms with van der Waals surface area (Å²) in [6.45, 7) is -0.650. The molecule has 3 aliphatic rings. The van der Waals surface area contributed by atoms with E-state index in [1.54, 1.807) is 0 Å². The molecule has 9 nitrogen and oxygen atoms in total. The standard InChI is InChI=1S/C24H18Br2FN3O6/c25-20-15-9-16(21(20)26)19-18(15)23(33)29(24(19)34)28(10-17(31)11-1-5-13(27)6-2-11)22(32)12-3-7-14(8-4-12)30(35)36/h1-8,15-16,18-21H,9-10H2/t15-,16-,18-,19-,20-,21+/m1/s1. The summed E-state index contributed by atoms with van der Waals surface area (Å²) < 4.78 is 13.3. The third-order valence-electron chi connectivity index (χ3n) is 7.22. The van der Waals surface area contributed by atoms with Gasteiger partial charge in [-0.25, -0.2) is 9.40 Å². The number of hydrogen-bond donors (Lipinski definition) is 0. The van der Waals surface area contributed by atoms with E-state index >= 15 is 0 Å². The summed E-state index contributed by atoms with van der Waals surface area (Å²) in [6.07, 6.45) is 0.692. The highest BCUT2D eigenvalue weighted by atomic mass is 79.9. The Morgan fingerprint density at radius 1 is 0.944 bits per heavy atom. The van der Waals surface area contributed by atoms with Crippen molar-refractivity contribution in [3.8, 4) is 0 Å². The molecule has 1 aliphatic heterocycles. The van der Waals surface area contributed by atoms with E-state index in [0.29, 0.717) is 6.42 Å². The molecule has 0 radical (unpaired) electrons. The number of carbonyl (C=O) groups excluding carboxylic acids is 4. The summed E-state index contributed by atoms with van der Waals surface area (Å²) in [5.41, 5.74) is -0.185. The van der Waals surface area contributed by atoms with Crippen LogP contribution in [-0.2, 0) is 9.59 Å². The van der Waals surface area contributed by atoms with Crippen LogP contribution < -0.4 is 0 Å². The minimum atomic E-state index is -0.833. The third-order valence-corrected chi connectivity index (χ3v) is 10.4. The van der Waals surface area contributed by atoms with Gasteiger partial charge in [0.05, 0.1) is 16.8 Å². The monoisotopic (exact) mass is 621 g/mol. The van der Waals surface area contributed by atoms with Crippen molar-refractivity contribution in [1.29, 1.82) is 0 Å². The maximum atomic E-state index is 13.5. The molecule has 2 saturated carbocycles. The van der Waals surface area contributed by atoms with E-state index in [2.05, 4.69) is 31.9 Å². The second-order valence-electron chi connectivity index (χ2n) is 9.09. The number of fused-ring (bicyclic) bond motifs is 5. The first-order valence-corrected chi connectivity index (χ1v) is 12.9. The summed E-state index contributed by atoms with van der Waals surface area (Å²) in [6, 6.07) is 9.34. The van der Waals surface area contributed by atoms with Crippen molar-refractivity contribution in [2.24, 2.45) is 23.7 Å². The van der Waals surface area contributed by atoms with Gasteiger partial charge in [-0.15, -0.1) is 0 Å². The summed E-state index contributed by atoms with van der Waals surface area (Å²) in [5, 5.41) is 12.6. The largest absolute Gasteiger partial charge is 0.292 e. The number of hydrazine groups is 1. The Kier molecular flexibility index (Phi) is 6.27. The Labute approximate surface area is 221 Å². The van der Waals surface area contributed by atoms with E-state index in [-0.39, 0.29) is 38.3 Å². The minimum Gasteiger partial charge on any atom is -0.292 e. The zero-order valence-electron chi connectivity index (χ0n) is 18.4. The minimum absolute atomic E-state index is 0.0138. The fourth-order valence-electron chi connectivity index (χ4n) is 5.54. The van der Waals surface area contributed by atoms with Gasteiger partial charge in [0.1, 0.15) is 12.4 Å². The van der Waals surface area contributed by atoms with Crippen LogP contribution in [0.5, 0.6) is 0 Å². The second kappa shape index (κ2) is 9.15. The molecule has 2 aromatic carbocycles. The van der Waals surface area contributed by atoms with Gasteiger partial charge in [0, 0.05) is 32.9 Å². The van der Waals surface area contributed by atoms with Crippen molar-refractivity contribution >= 4 is 61.1 Å². The molecule has 186 valence electrons. The normalized spacial score (nSPS) is 28.4. The van der Waals surface area contributed by atoms with Crippen molar-refractivity contribution in [2.75, 3.05) is 6.54 Å². The van der Waals surface area contributed by atoms with Crippen LogP contribution >= 0.6 is 31.9 Å². The summed E-state index contributed by atoms with van der Waals surface area (Å²) in [5.74, 6) is -4.53.